The van der Waals surface area contributed by atoms with Crippen LogP contribution in [0.3, 0.4) is 0 Å². The van der Waals surface area contributed by atoms with Gasteiger partial charge < -0.3 is 33.6 Å². The van der Waals surface area contributed by atoms with Gasteiger partial charge >= 0.3 is 5.97 Å². The zero-order valence-electron chi connectivity index (χ0n) is 22.6. The number of carbonyl (C=O) groups is 2. The van der Waals surface area contributed by atoms with Crippen LogP contribution in [0.15, 0.2) is 91.0 Å². The molecule has 0 spiro atoms. The minimum atomic E-state index is -1.41. The van der Waals surface area contributed by atoms with E-state index in [4.69, 9.17) is 23.7 Å². The molecule has 0 unspecified atom stereocenters. The lowest BCUT2D eigenvalue weighted by Crippen LogP contribution is -2.61. The molecule has 3 aromatic rings. The highest BCUT2D eigenvalue weighted by Gasteiger charge is 2.49. The summed E-state index contributed by atoms with van der Waals surface area (Å²) >= 11 is 0. The summed E-state index contributed by atoms with van der Waals surface area (Å²) in [4.78, 5) is 24.3. The van der Waals surface area contributed by atoms with Crippen molar-refractivity contribution in [1.29, 1.82) is 0 Å². The number of hydrogen-bond acceptors (Lipinski definition) is 8. The molecule has 5 atom stereocenters. The monoisotopic (exact) mass is 548 g/mol. The first kappa shape index (κ1) is 29.6. The van der Waals surface area contributed by atoms with E-state index in [1.165, 1.54) is 6.92 Å². The maximum Gasteiger partial charge on any atom is 0.306 e. The van der Waals surface area contributed by atoms with Crippen LogP contribution >= 0.6 is 0 Å². The summed E-state index contributed by atoms with van der Waals surface area (Å²) in [6.07, 6.45) is -5.07. The van der Waals surface area contributed by atoms with Crippen LogP contribution in [0.1, 0.15) is 36.5 Å². The van der Waals surface area contributed by atoms with Crippen molar-refractivity contribution in [3.8, 4) is 0 Å². The minimum Gasteiger partial charge on any atom is -0.456 e. The Morgan fingerprint density at radius 3 is 1.73 bits per heavy atom. The molecule has 1 aliphatic rings. The average molecular weight is 549 g/mol. The molecular formula is C32H36O8. The molecule has 1 fully saturated rings. The smallest absolute Gasteiger partial charge is 0.306 e. The molecular weight excluding hydrogens is 512 g/mol. The highest BCUT2D eigenvalue weighted by Crippen LogP contribution is 2.30. The van der Waals surface area contributed by atoms with Gasteiger partial charge in [0.05, 0.1) is 32.8 Å². The normalized spacial score (nSPS) is 22.5. The Balaban J connectivity index is 1.54. The van der Waals surface area contributed by atoms with Gasteiger partial charge in [0.1, 0.15) is 24.1 Å². The van der Waals surface area contributed by atoms with Gasteiger partial charge in [-0.05, 0) is 23.6 Å². The molecule has 212 valence electrons. The molecule has 8 heteroatoms. The number of carbonyl (C=O) groups excluding carboxylic acids is 2. The van der Waals surface area contributed by atoms with E-state index in [2.05, 4.69) is 0 Å². The first-order valence-corrected chi connectivity index (χ1v) is 13.4. The summed E-state index contributed by atoms with van der Waals surface area (Å²) in [6.45, 7) is 2.21. The zero-order valence-corrected chi connectivity index (χ0v) is 22.6. The molecule has 0 amide bonds. The van der Waals surface area contributed by atoms with Crippen molar-refractivity contribution in [2.45, 2.75) is 70.3 Å². The third-order valence-corrected chi connectivity index (χ3v) is 6.52. The fourth-order valence-corrected chi connectivity index (χ4v) is 4.43. The number of esters is 1. The number of benzene rings is 3. The van der Waals surface area contributed by atoms with Crippen molar-refractivity contribution < 1.29 is 38.4 Å². The van der Waals surface area contributed by atoms with E-state index < -0.39 is 36.7 Å². The van der Waals surface area contributed by atoms with Gasteiger partial charge in [0.2, 0.25) is 0 Å². The Labute approximate surface area is 234 Å². The Bertz CT molecular complexity index is 1170. The van der Waals surface area contributed by atoms with Gasteiger partial charge in [-0.25, -0.2) is 0 Å². The Kier molecular flexibility index (Phi) is 11.4. The zero-order chi connectivity index (χ0) is 28.2. The number of ether oxygens (including phenoxy) is 5. The van der Waals surface area contributed by atoms with E-state index in [-0.39, 0.29) is 38.4 Å². The first-order valence-electron chi connectivity index (χ1n) is 13.4. The summed E-state index contributed by atoms with van der Waals surface area (Å²) in [7, 11) is 0. The predicted molar refractivity (Wildman–Crippen MR) is 147 cm³/mol. The number of aliphatic hydroxyl groups excluding tert-OH is 1. The fourth-order valence-electron chi connectivity index (χ4n) is 4.43. The highest BCUT2D eigenvalue weighted by atomic mass is 16.7. The van der Waals surface area contributed by atoms with Crippen LogP contribution in [0.5, 0.6) is 0 Å². The third-order valence-electron chi connectivity index (χ3n) is 6.52. The Morgan fingerprint density at radius 1 is 0.700 bits per heavy atom. The molecule has 1 heterocycles. The van der Waals surface area contributed by atoms with Crippen molar-refractivity contribution in [3.63, 3.8) is 0 Å². The number of aliphatic hydroxyl groups is 1. The predicted octanol–water partition coefficient (Wildman–Crippen LogP) is 4.37. The van der Waals surface area contributed by atoms with Crippen molar-refractivity contribution in [2.75, 3.05) is 6.61 Å². The number of ketones is 1. The van der Waals surface area contributed by atoms with Crippen molar-refractivity contribution in [2.24, 2.45) is 0 Å². The summed E-state index contributed by atoms with van der Waals surface area (Å²) < 4.78 is 30.2. The van der Waals surface area contributed by atoms with Crippen LogP contribution in [0.4, 0.5) is 0 Å². The van der Waals surface area contributed by atoms with Gasteiger partial charge in [0.15, 0.2) is 12.4 Å². The summed E-state index contributed by atoms with van der Waals surface area (Å²) in [5.74, 6) is -0.704. The molecule has 0 saturated carbocycles. The van der Waals surface area contributed by atoms with Gasteiger partial charge in [-0.3, -0.25) is 4.79 Å². The Hall–Kier alpha value is -3.40. The van der Waals surface area contributed by atoms with Crippen LogP contribution in [0, 0.1) is 0 Å². The minimum absolute atomic E-state index is 0.0549. The van der Waals surface area contributed by atoms with Gasteiger partial charge in [-0.1, -0.05) is 91.0 Å². The molecule has 1 N–H and O–H groups in total. The third kappa shape index (κ3) is 9.08. The molecule has 0 bridgehead atoms. The van der Waals surface area contributed by atoms with Crippen molar-refractivity contribution >= 4 is 11.8 Å². The lowest BCUT2D eigenvalue weighted by Gasteiger charge is -2.44. The standard InChI is InChI=1S/C32H36O8/c1-23(33)17-18-28(34)40-30-29(37-20-25-13-7-3-8-14-25)27(22-36-19-24-11-5-2-6-12-24)39-32(35)31(30)38-21-26-15-9-4-10-16-26/h2-16,27,29-32,35H,17-22H2,1H3/t27-,29+,30+,31-,32+/m1/s1. The van der Waals surface area contributed by atoms with E-state index in [1.807, 2.05) is 91.0 Å². The van der Waals surface area contributed by atoms with Crippen LogP contribution in [0.2, 0.25) is 0 Å². The summed E-state index contributed by atoms with van der Waals surface area (Å²) in [5.41, 5.74) is 2.78. The molecule has 0 aliphatic carbocycles. The lowest BCUT2D eigenvalue weighted by atomic mass is 9.98. The molecule has 3 aromatic carbocycles. The number of rotatable bonds is 14. The van der Waals surface area contributed by atoms with Crippen LogP contribution < -0.4 is 0 Å². The number of Topliss-reactive ketones (excluding diaryl/α,β-unsaturated/α-hetero) is 1. The van der Waals surface area contributed by atoms with Gasteiger partial charge in [-0.15, -0.1) is 0 Å². The quantitative estimate of drug-likeness (QED) is 0.297. The SMILES string of the molecule is CC(=O)CCC(=O)O[C@@H]1[C@@H](OCc2ccccc2)[C@@H](O)O[C@H](COCc2ccccc2)[C@@H]1OCc1ccccc1. The van der Waals surface area contributed by atoms with Gasteiger partial charge in [-0.2, -0.15) is 0 Å². The maximum absolute atomic E-state index is 12.8. The van der Waals surface area contributed by atoms with Crippen LogP contribution in [-0.2, 0) is 53.1 Å². The van der Waals surface area contributed by atoms with E-state index >= 15 is 0 Å². The van der Waals surface area contributed by atoms with E-state index in [1.54, 1.807) is 0 Å². The van der Waals surface area contributed by atoms with E-state index in [9.17, 15) is 14.7 Å². The topological polar surface area (TPSA) is 101 Å². The first-order chi connectivity index (χ1) is 19.5. The van der Waals surface area contributed by atoms with Gasteiger partial charge in [0, 0.05) is 6.42 Å². The molecule has 0 radical (unpaired) electrons. The van der Waals surface area contributed by atoms with Crippen LogP contribution in [0.25, 0.3) is 0 Å². The van der Waals surface area contributed by atoms with E-state index in [0.717, 1.165) is 16.7 Å². The summed E-state index contributed by atoms with van der Waals surface area (Å²) in [6, 6.07) is 28.7. The average Bonchev–Trinajstić information content (AvgIpc) is 2.97. The van der Waals surface area contributed by atoms with Crippen molar-refractivity contribution in [1.82, 2.24) is 0 Å². The molecule has 40 heavy (non-hydrogen) atoms. The molecule has 0 aromatic heterocycles. The Morgan fingerprint density at radius 2 is 1.20 bits per heavy atom. The number of hydrogen-bond donors (Lipinski definition) is 1. The highest BCUT2D eigenvalue weighted by molar-refractivity contribution is 5.81. The van der Waals surface area contributed by atoms with Gasteiger partial charge in [0.25, 0.3) is 0 Å². The maximum atomic E-state index is 12.8. The lowest BCUT2D eigenvalue weighted by molar-refractivity contribution is -0.311. The molecule has 8 nitrogen and oxygen atoms in total. The fraction of sp³-hybridized carbons (Fsp3) is 0.375. The van der Waals surface area contributed by atoms with Crippen LogP contribution in [-0.4, -0.2) is 54.2 Å². The molecule has 1 saturated heterocycles. The molecule has 4 rings (SSSR count). The largest absolute Gasteiger partial charge is 0.456 e. The van der Waals surface area contributed by atoms with E-state index in [0.29, 0.717) is 6.61 Å². The second-order valence-electron chi connectivity index (χ2n) is 9.74. The second-order valence-corrected chi connectivity index (χ2v) is 9.74. The second kappa shape index (κ2) is 15.4. The van der Waals surface area contributed by atoms with Crippen molar-refractivity contribution in [3.05, 3.63) is 108 Å². The molecule has 1 aliphatic heterocycles. The summed E-state index contributed by atoms with van der Waals surface area (Å²) in [5, 5.41) is 11.0.